The summed E-state index contributed by atoms with van der Waals surface area (Å²) in [6.45, 7) is 6.45. The van der Waals surface area contributed by atoms with Crippen molar-refractivity contribution >= 4 is 17.6 Å². The van der Waals surface area contributed by atoms with E-state index in [0.29, 0.717) is 12.2 Å². The number of aryl methyl sites for hydroxylation is 1. The predicted molar refractivity (Wildman–Crippen MR) is 71.2 cm³/mol. The van der Waals surface area contributed by atoms with Crippen molar-refractivity contribution < 1.29 is 9.53 Å². The van der Waals surface area contributed by atoms with E-state index in [1.54, 1.807) is 6.92 Å². The number of rotatable bonds is 2. The summed E-state index contributed by atoms with van der Waals surface area (Å²) in [5.41, 5.74) is 2.56. The van der Waals surface area contributed by atoms with E-state index in [-0.39, 0.29) is 16.5 Å². The van der Waals surface area contributed by atoms with Gasteiger partial charge in [0.15, 0.2) is 0 Å². The third kappa shape index (κ3) is 2.37. The van der Waals surface area contributed by atoms with Gasteiger partial charge in [-0.3, -0.25) is 0 Å². The van der Waals surface area contributed by atoms with Crippen LogP contribution in [0.1, 0.15) is 55.2 Å². The first-order valence-corrected chi connectivity index (χ1v) is 6.70. The van der Waals surface area contributed by atoms with Crippen molar-refractivity contribution in [2.75, 3.05) is 6.61 Å². The first-order valence-electron chi connectivity index (χ1n) is 6.32. The third-order valence-electron chi connectivity index (χ3n) is 3.44. The zero-order valence-electron chi connectivity index (χ0n) is 11.0. The molecular weight excluding hydrogens is 250 g/mol. The standard InChI is InChI=1S/C14H18ClNO2/c1-4-18-13(17)10-8-9-6-5-7-14(2,3)11(9)16-12(10)15/h8H,4-7H2,1-3H3. The van der Waals surface area contributed by atoms with Crippen molar-refractivity contribution in [3.05, 3.63) is 28.0 Å². The van der Waals surface area contributed by atoms with Gasteiger partial charge in [0.1, 0.15) is 5.15 Å². The third-order valence-corrected chi connectivity index (χ3v) is 3.73. The minimum absolute atomic E-state index is 0.0322. The molecule has 0 saturated heterocycles. The van der Waals surface area contributed by atoms with E-state index in [1.807, 2.05) is 6.07 Å². The highest BCUT2D eigenvalue weighted by atomic mass is 35.5. The van der Waals surface area contributed by atoms with E-state index in [2.05, 4.69) is 18.8 Å². The van der Waals surface area contributed by atoms with Gasteiger partial charge < -0.3 is 4.74 Å². The maximum absolute atomic E-state index is 11.8. The molecule has 0 N–H and O–H groups in total. The number of ether oxygens (including phenoxy) is 1. The predicted octanol–water partition coefficient (Wildman–Crippen LogP) is 3.53. The Balaban J connectivity index is 2.46. The molecule has 0 amide bonds. The molecule has 1 aliphatic rings. The Morgan fingerprint density at radius 1 is 1.56 bits per heavy atom. The highest BCUT2D eigenvalue weighted by molar-refractivity contribution is 6.32. The second kappa shape index (κ2) is 4.88. The number of hydrogen-bond donors (Lipinski definition) is 0. The van der Waals surface area contributed by atoms with E-state index < -0.39 is 0 Å². The molecule has 0 unspecified atom stereocenters. The molecule has 2 rings (SSSR count). The number of carbonyl (C=O) groups excluding carboxylic acids is 1. The fourth-order valence-electron chi connectivity index (χ4n) is 2.50. The Kier molecular flexibility index (Phi) is 3.62. The van der Waals surface area contributed by atoms with Crippen LogP contribution in [0.2, 0.25) is 5.15 Å². The Morgan fingerprint density at radius 3 is 2.94 bits per heavy atom. The van der Waals surface area contributed by atoms with Gasteiger partial charge in [-0.15, -0.1) is 0 Å². The van der Waals surface area contributed by atoms with E-state index in [9.17, 15) is 4.79 Å². The van der Waals surface area contributed by atoms with Crippen LogP contribution in [0.5, 0.6) is 0 Å². The maximum Gasteiger partial charge on any atom is 0.341 e. The molecule has 0 saturated carbocycles. The van der Waals surface area contributed by atoms with Gasteiger partial charge in [-0.1, -0.05) is 25.4 Å². The average molecular weight is 268 g/mol. The molecule has 0 radical (unpaired) electrons. The normalized spacial score (nSPS) is 17.1. The van der Waals surface area contributed by atoms with Crippen molar-refractivity contribution in [2.45, 2.75) is 45.4 Å². The Hall–Kier alpha value is -1.09. The zero-order chi connectivity index (χ0) is 13.3. The fourth-order valence-corrected chi connectivity index (χ4v) is 2.72. The molecule has 0 aromatic carbocycles. The molecule has 1 aromatic rings. The van der Waals surface area contributed by atoms with Crippen LogP contribution in [0.4, 0.5) is 0 Å². The van der Waals surface area contributed by atoms with Crippen LogP contribution in [0.15, 0.2) is 6.07 Å². The van der Waals surface area contributed by atoms with Gasteiger partial charge >= 0.3 is 5.97 Å². The smallest absolute Gasteiger partial charge is 0.341 e. The lowest BCUT2D eigenvalue weighted by Crippen LogP contribution is -2.26. The van der Waals surface area contributed by atoms with Crippen LogP contribution in [0, 0.1) is 0 Å². The lowest BCUT2D eigenvalue weighted by Gasteiger charge is -2.31. The summed E-state index contributed by atoms with van der Waals surface area (Å²) in [5.74, 6) is -0.388. The van der Waals surface area contributed by atoms with Gasteiger partial charge in [0.25, 0.3) is 0 Å². The highest BCUT2D eigenvalue weighted by Gasteiger charge is 2.30. The topological polar surface area (TPSA) is 39.2 Å². The number of pyridine rings is 1. The van der Waals surface area contributed by atoms with E-state index >= 15 is 0 Å². The van der Waals surface area contributed by atoms with Crippen LogP contribution < -0.4 is 0 Å². The minimum Gasteiger partial charge on any atom is -0.462 e. The van der Waals surface area contributed by atoms with Crippen molar-refractivity contribution in [2.24, 2.45) is 0 Å². The number of carbonyl (C=O) groups is 1. The average Bonchev–Trinajstić information content (AvgIpc) is 2.29. The monoisotopic (exact) mass is 267 g/mol. The summed E-state index contributed by atoms with van der Waals surface area (Å²) in [6, 6.07) is 1.85. The summed E-state index contributed by atoms with van der Waals surface area (Å²) in [4.78, 5) is 16.2. The molecule has 1 aliphatic carbocycles. The minimum atomic E-state index is -0.388. The number of nitrogens with zero attached hydrogens (tertiary/aromatic N) is 1. The zero-order valence-corrected chi connectivity index (χ0v) is 11.8. The Bertz CT molecular complexity index is 483. The maximum atomic E-state index is 11.8. The molecule has 1 aromatic heterocycles. The molecule has 18 heavy (non-hydrogen) atoms. The van der Waals surface area contributed by atoms with Gasteiger partial charge in [0.2, 0.25) is 0 Å². The number of fused-ring (bicyclic) bond motifs is 1. The summed E-state index contributed by atoms with van der Waals surface area (Å²) < 4.78 is 4.99. The summed E-state index contributed by atoms with van der Waals surface area (Å²) in [7, 11) is 0. The molecule has 4 heteroatoms. The van der Waals surface area contributed by atoms with Crippen molar-refractivity contribution in [1.82, 2.24) is 4.98 Å². The van der Waals surface area contributed by atoms with Crippen molar-refractivity contribution in [3.8, 4) is 0 Å². The van der Waals surface area contributed by atoms with Gasteiger partial charge in [-0.05, 0) is 37.8 Å². The Morgan fingerprint density at radius 2 is 2.28 bits per heavy atom. The second-order valence-electron chi connectivity index (χ2n) is 5.29. The van der Waals surface area contributed by atoms with Gasteiger partial charge in [-0.25, -0.2) is 9.78 Å². The molecular formula is C14H18ClNO2. The molecule has 0 spiro atoms. The molecule has 0 bridgehead atoms. The van der Waals surface area contributed by atoms with E-state index in [0.717, 1.165) is 30.5 Å². The number of aromatic nitrogens is 1. The van der Waals surface area contributed by atoms with Crippen molar-refractivity contribution in [3.63, 3.8) is 0 Å². The Labute approximate surface area is 113 Å². The van der Waals surface area contributed by atoms with Crippen molar-refractivity contribution in [1.29, 1.82) is 0 Å². The molecule has 0 aliphatic heterocycles. The molecule has 98 valence electrons. The summed E-state index contributed by atoms with van der Waals surface area (Å²) in [5, 5.41) is 0.252. The van der Waals surface area contributed by atoms with Crippen LogP contribution in [-0.4, -0.2) is 17.6 Å². The molecule has 1 heterocycles. The summed E-state index contributed by atoms with van der Waals surface area (Å²) >= 11 is 6.11. The van der Waals surface area contributed by atoms with Gasteiger partial charge in [-0.2, -0.15) is 0 Å². The van der Waals surface area contributed by atoms with Crippen LogP contribution in [0.25, 0.3) is 0 Å². The fraction of sp³-hybridized carbons (Fsp3) is 0.571. The summed E-state index contributed by atoms with van der Waals surface area (Å²) in [6.07, 6.45) is 3.17. The van der Waals surface area contributed by atoms with Gasteiger partial charge in [0.05, 0.1) is 17.9 Å². The van der Waals surface area contributed by atoms with Gasteiger partial charge in [0, 0.05) is 5.41 Å². The quantitative estimate of drug-likeness (QED) is 0.608. The largest absolute Gasteiger partial charge is 0.462 e. The first-order chi connectivity index (χ1) is 8.45. The molecule has 0 fully saturated rings. The van der Waals surface area contributed by atoms with Crippen LogP contribution >= 0.6 is 11.6 Å². The number of hydrogen-bond acceptors (Lipinski definition) is 3. The molecule has 0 atom stereocenters. The number of esters is 1. The van der Waals surface area contributed by atoms with Crippen LogP contribution in [-0.2, 0) is 16.6 Å². The van der Waals surface area contributed by atoms with E-state index in [1.165, 1.54) is 0 Å². The lowest BCUT2D eigenvalue weighted by molar-refractivity contribution is 0.0525. The SMILES string of the molecule is CCOC(=O)c1cc2c(nc1Cl)C(C)(C)CCC2. The molecule has 3 nitrogen and oxygen atoms in total. The van der Waals surface area contributed by atoms with Crippen LogP contribution in [0.3, 0.4) is 0 Å². The highest BCUT2D eigenvalue weighted by Crippen LogP contribution is 2.37. The second-order valence-corrected chi connectivity index (χ2v) is 5.65. The number of halogens is 1. The first kappa shape index (κ1) is 13.3. The lowest BCUT2D eigenvalue weighted by atomic mass is 9.76. The van der Waals surface area contributed by atoms with E-state index in [4.69, 9.17) is 16.3 Å².